The summed E-state index contributed by atoms with van der Waals surface area (Å²) in [5.74, 6) is -0.222. The number of rotatable bonds is 6. The van der Waals surface area contributed by atoms with Crippen molar-refractivity contribution in [2.45, 2.75) is 38.8 Å². The van der Waals surface area contributed by atoms with Crippen molar-refractivity contribution in [3.63, 3.8) is 0 Å². The molecule has 0 saturated carbocycles. The number of Topliss-reactive ketones (excluding diaryl/α,β-unsaturated/α-hetero) is 2. The monoisotopic (exact) mass is 406 g/mol. The van der Waals surface area contributed by atoms with Crippen LogP contribution < -0.4 is 0 Å². The molecular weight excluding hydrogens is 376 g/mol. The van der Waals surface area contributed by atoms with Crippen molar-refractivity contribution in [3.8, 4) is 11.1 Å². The Balaban J connectivity index is 2.02. The number of hydrogen-bond acceptors (Lipinski definition) is 5. The molecule has 3 rings (SSSR count). The maximum atomic E-state index is 13.2. The van der Waals surface area contributed by atoms with E-state index in [1.54, 1.807) is 24.3 Å². The van der Waals surface area contributed by atoms with Gasteiger partial charge in [0.15, 0.2) is 17.3 Å². The molecular formula is C25H30N2O3. The first-order valence-electron chi connectivity index (χ1n) is 10.1. The Labute approximate surface area is 178 Å². The Morgan fingerprint density at radius 2 is 0.967 bits per heavy atom. The number of nitrogens with zero attached hydrogens (tertiary/aromatic N) is 2. The number of carbonyl (C=O) groups excluding carboxylic acids is 3. The summed E-state index contributed by atoms with van der Waals surface area (Å²) >= 11 is 0. The van der Waals surface area contributed by atoms with Gasteiger partial charge in [0.2, 0.25) is 0 Å². The molecule has 2 aromatic carbocycles. The molecule has 0 fully saturated rings. The number of hydrogen-bond donors (Lipinski definition) is 0. The Kier molecular flexibility index (Phi) is 5.34. The fourth-order valence-corrected chi connectivity index (χ4v) is 3.47. The van der Waals surface area contributed by atoms with Gasteiger partial charge in [-0.25, -0.2) is 0 Å². The van der Waals surface area contributed by atoms with Gasteiger partial charge in [-0.15, -0.1) is 0 Å². The normalized spacial score (nSPS) is 13.6. The highest BCUT2D eigenvalue weighted by atomic mass is 16.1. The first-order chi connectivity index (χ1) is 13.8. The third kappa shape index (κ3) is 3.32. The van der Waals surface area contributed by atoms with E-state index in [1.165, 1.54) is 0 Å². The molecule has 1 aliphatic carbocycles. The van der Waals surface area contributed by atoms with Gasteiger partial charge in [0, 0.05) is 22.3 Å². The number of likely N-dealkylation sites (N-methyl/N-ethyl adjacent to an activating group) is 2. The lowest BCUT2D eigenvalue weighted by atomic mass is 9.90. The molecule has 0 unspecified atom stereocenters. The van der Waals surface area contributed by atoms with Gasteiger partial charge in [0.1, 0.15) is 0 Å². The van der Waals surface area contributed by atoms with Crippen molar-refractivity contribution in [2.24, 2.45) is 0 Å². The first kappa shape index (κ1) is 22.1. The third-order valence-corrected chi connectivity index (χ3v) is 6.69. The average molecular weight is 407 g/mol. The van der Waals surface area contributed by atoms with Crippen molar-refractivity contribution in [1.29, 1.82) is 0 Å². The topological polar surface area (TPSA) is 57.7 Å². The van der Waals surface area contributed by atoms with Gasteiger partial charge in [-0.3, -0.25) is 24.2 Å². The van der Waals surface area contributed by atoms with Crippen molar-refractivity contribution in [1.82, 2.24) is 9.80 Å². The third-order valence-electron chi connectivity index (χ3n) is 6.69. The van der Waals surface area contributed by atoms with Crippen LogP contribution in [0.25, 0.3) is 11.1 Å². The lowest BCUT2D eigenvalue weighted by Gasteiger charge is -2.31. The molecule has 5 heteroatoms. The second-order valence-electron chi connectivity index (χ2n) is 9.41. The second-order valence-corrected chi connectivity index (χ2v) is 9.41. The molecule has 2 aromatic rings. The zero-order valence-electron chi connectivity index (χ0n) is 19.1. The van der Waals surface area contributed by atoms with Gasteiger partial charge in [0.25, 0.3) is 0 Å². The van der Waals surface area contributed by atoms with Gasteiger partial charge in [-0.2, -0.15) is 0 Å². The summed E-state index contributed by atoms with van der Waals surface area (Å²) in [6.45, 7) is 7.46. The summed E-state index contributed by atoms with van der Waals surface area (Å²) in [4.78, 5) is 42.9. The average Bonchev–Trinajstić information content (AvgIpc) is 2.97. The molecule has 30 heavy (non-hydrogen) atoms. The van der Waals surface area contributed by atoms with E-state index in [-0.39, 0.29) is 17.3 Å². The van der Waals surface area contributed by atoms with E-state index >= 15 is 0 Å². The largest absolute Gasteiger partial charge is 0.297 e. The zero-order chi connectivity index (χ0) is 22.6. The van der Waals surface area contributed by atoms with E-state index in [4.69, 9.17) is 0 Å². The van der Waals surface area contributed by atoms with Crippen LogP contribution >= 0.6 is 0 Å². The maximum absolute atomic E-state index is 13.2. The molecule has 0 aromatic heterocycles. The van der Waals surface area contributed by atoms with Gasteiger partial charge in [-0.1, -0.05) is 24.3 Å². The molecule has 1 aliphatic rings. The highest BCUT2D eigenvalue weighted by Crippen LogP contribution is 2.38. The Bertz CT molecular complexity index is 979. The highest BCUT2D eigenvalue weighted by molar-refractivity contribution is 6.23. The van der Waals surface area contributed by atoms with E-state index in [1.807, 2.05) is 77.8 Å². The Hall–Kier alpha value is -2.63. The van der Waals surface area contributed by atoms with Crippen molar-refractivity contribution >= 4 is 17.3 Å². The molecule has 158 valence electrons. The smallest absolute Gasteiger partial charge is 0.194 e. The predicted molar refractivity (Wildman–Crippen MR) is 120 cm³/mol. The molecule has 0 aliphatic heterocycles. The second kappa shape index (κ2) is 7.25. The minimum absolute atomic E-state index is 0.0392. The molecule has 0 spiro atoms. The Morgan fingerprint density at radius 1 is 0.633 bits per heavy atom. The van der Waals surface area contributed by atoms with Crippen LogP contribution in [-0.2, 0) is 0 Å². The number of ketones is 3. The van der Waals surface area contributed by atoms with Gasteiger partial charge >= 0.3 is 0 Å². The van der Waals surface area contributed by atoms with Gasteiger partial charge in [-0.05, 0) is 79.1 Å². The van der Waals surface area contributed by atoms with Crippen LogP contribution in [0.5, 0.6) is 0 Å². The summed E-state index contributed by atoms with van der Waals surface area (Å²) in [6, 6.07) is 10.6. The number of benzene rings is 2. The van der Waals surface area contributed by atoms with Crippen LogP contribution in [0.3, 0.4) is 0 Å². The molecule has 0 saturated heterocycles. The summed E-state index contributed by atoms with van der Waals surface area (Å²) in [6.07, 6.45) is 0. The summed E-state index contributed by atoms with van der Waals surface area (Å²) in [5, 5.41) is 0. The quantitative estimate of drug-likeness (QED) is 0.580. The van der Waals surface area contributed by atoms with Crippen LogP contribution in [0.4, 0.5) is 0 Å². The van der Waals surface area contributed by atoms with E-state index in [2.05, 4.69) is 0 Å². The van der Waals surface area contributed by atoms with E-state index in [0.717, 1.165) is 11.1 Å². The maximum Gasteiger partial charge on any atom is 0.194 e. The lowest BCUT2D eigenvalue weighted by Crippen LogP contribution is -2.45. The van der Waals surface area contributed by atoms with Crippen LogP contribution in [0, 0.1) is 0 Å². The summed E-state index contributed by atoms with van der Waals surface area (Å²) < 4.78 is 0. The van der Waals surface area contributed by atoms with Crippen LogP contribution in [-0.4, -0.2) is 66.4 Å². The first-order valence-corrected chi connectivity index (χ1v) is 10.1. The minimum Gasteiger partial charge on any atom is -0.297 e. The molecule has 0 atom stereocenters. The van der Waals surface area contributed by atoms with E-state index in [0.29, 0.717) is 22.3 Å². The van der Waals surface area contributed by atoms with Crippen molar-refractivity contribution < 1.29 is 14.4 Å². The summed E-state index contributed by atoms with van der Waals surface area (Å²) in [5.41, 5.74) is 2.31. The molecule has 0 amide bonds. The highest BCUT2D eigenvalue weighted by Gasteiger charge is 2.35. The molecule has 0 heterocycles. The summed E-state index contributed by atoms with van der Waals surface area (Å²) in [7, 11) is 7.44. The lowest BCUT2D eigenvalue weighted by molar-refractivity contribution is 0.0750. The Morgan fingerprint density at radius 3 is 1.27 bits per heavy atom. The van der Waals surface area contributed by atoms with Crippen LogP contribution in [0.2, 0.25) is 0 Å². The van der Waals surface area contributed by atoms with Gasteiger partial charge in [0.05, 0.1) is 11.1 Å². The minimum atomic E-state index is -0.680. The molecule has 0 N–H and O–H groups in total. The SMILES string of the molecule is CN(C)C(C)(C)C(=O)c1ccc2c(c1)C(=O)c1cc(C(=O)C(C)(C)N(C)C)ccc1-2. The van der Waals surface area contributed by atoms with Gasteiger partial charge < -0.3 is 0 Å². The standard InChI is InChI=1S/C25H30N2O3/c1-24(2,26(5)6)22(29)15-9-11-17-18-12-10-16(23(30)25(3,4)27(7)8)14-20(18)21(28)19(17)13-15/h9-14H,1-8H3. The molecule has 0 radical (unpaired) electrons. The van der Waals surface area contributed by atoms with Crippen molar-refractivity contribution in [3.05, 3.63) is 58.7 Å². The number of fused-ring (bicyclic) bond motifs is 3. The van der Waals surface area contributed by atoms with Crippen molar-refractivity contribution in [2.75, 3.05) is 28.2 Å². The van der Waals surface area contributed by atoms with E-state index < -0.39 is 11.1 Å². The molecule has 5 nitrogen and oxygen atoms in total. The zero-order valence-corrected chi connectivity index (χ0v) is 19.1. The van der Waals surface area contributed by atoms with Crippen LogP contribution in [0.1, 0.15) is 64.3 Å². The van der Waals surface area contributed by atoms with Crippen LogP contribution in [0.15, 0.2) is 36.4 Å². The molecule has 0 bridgehead atoms. The fraction of sp³-hybridized carbons (Fsp3) is 0.400. The number of carbonyl (C=O) groups is 3. The fourth-order valence-electron chi connectivity index (χ4n) is 3.47. The predicted octanol–water partition coefficient (Wildman–Crippen LogP) is 3.94. The van der Waals surface area contributed by atoms with E-state index in [9.17, 15) is 14.4 Å².